The predicted molar refractivity (Wildman–Crippen MR) is 98.7 cm³/mol. The average Bonchev–Trinajstić information content (AvgIpc) is 3.00. The Morgan fingerprint density at radius 2 is 2.04 bits per heavy atom. The van der Waals surface area contributed by atoms with Crippen LogP contribution in [0, 0.1) is 0 Å². The molecule has 24 heavy (non-hydrogen) atoms. The van der Waals surface area contributed by atoms with Crippen LogP contribution in [-0.4, -0.2) is 30.1 Å². The molecule has 3 aromatic rings. The van der Waals surface area contributed by atoms with E-state index in [1.165, 1.54) is 27.7 Å². The minimum atomic E-state index is 0.274. The molecule has 1 atom stereocenters. The number of hydrogen-bond acceptors (Lipinski definition) is 2. The smallest absolute Gasteiger partial charge is 0.119 e. The van der Waals surface area contributed by atoms with Gasteiger partial charge in [-0.05, 0) is 48.7 Å². The van der Waals surface area contributed by atoms with E-state index in [-0.39, 0.29) is 6.04 Å². The van der Waals surface area contributed by atoms with Crippen LogP contribution in [-0.2, 0) is 6.42 Å². The fourth-order valence-corrected chi connectivity index (χ4v) is 4.01. The highest BCUT2D eigenvalue weighted by Gasteiger charge is 2.31. The van der Waals surface area contributed by atoms with Crippen LogP contribution < -0.4 is 4.74 Å². The second-order valence-electron chi connectivity index (χ2n) is 6.53. The van der Waals surface area contributed by atoms with Gasteiger partial charge in [0.1, 0.15) is 5.75 Å². The predicted octanol–water partition coefficient (Wildman–Crippen LogP) is 4.53. The molecule has 0 amide bonds. The standard InChI is InChI=1S/C21H24N2O/c1-3-12-23-13-11-18-17-9-4-5-10-19(17)22-20(18)21(23)15-7-6-8-16(14-15)24-2/h4-10,14,21-22H,3,11-13H2,1-2H3. The molecular weight excluding hydrogens is 296 g/mol. The van der Waals surface area contributed by atoms with Crippen molar-refractivity contribution in [1.29, 1.82) is 0 Å². The molecule has 2 aromatic carbocycles. The lowest BCUT2D eigenvalue weighted by Crippen LogP contribution is -2.36. The highest BCUT2D eigenvalue weighted by atomic mass is 16.5. The van der Waals surface area contributed by atoms with Gasteiger partial charge in [0.2, 0.25) is 0 Å². The first-order chi connectivity index (χ1) is 11.8. The van der Waals surface area contributed by atoms with E-state index in [0.717, 1.165) is 31.7 Å². The molecule has 0 bridgehead atoms. The average molecular weight is 320 g/mol. The van der Waals surface area contributed by atoms with Gasteiger partial charge in [0, 0.05) is 23.1 Å². The molecule has 1 aliphatic rings. The van der Waals surface area contributed by atoms with Gasteiger partial charge in [0.25, 0.3) is 0 Å². The number of nitrogens with zero attached hydrogens (tertiary/aromatic N) is 1. The van der Waals surface area contributed by atoms with Crippen molar-refractivity contribution in [2.24, 2.45) is 0 Å². The van der Waals surface area contributed by atoms with E-state index in [1.807, 2.05) is 6.07 Å². The number of aromatic amines is 1. The molecule has 0 saturated carbocycles. The van der Waals surface area contributed by atoms with Gasteiger partial charge in [-0.2, -0.15) is 0 Å². The van der Waals surface area contributed by atoms with Crippen molar-refractivity contribution in [2.45, 2.75) is 25.8 Å². The number of fused-ring (bicyclic) bond motifs is 3. The number of hydrogen-bond donors (Lipinski definition) is 1. The third-order valence-corrected chi connectivity index (χ3v) is 5.05. The van der Waals surface area contributed by atoms with Crippen molar-refractivity contribution < 1.29 is 4.74 Å². The third kappa shape index (κ3) is 2.49. The maximum atomic E-state index is 5.46. The summed E-state index contributed by atoms with van der Waals surface area (Å²) in [6, 6.07) is 17.4. The van der Waals surface area contributed by atoms with Crippen LogP contribution in [0.5, 0.6) is 5.75 Å². The molecule has 0 saturated heterocycles. The molecule has 3 nitrogen and oxygen atoms in total. The Kier molecular flexibility index (Phi) is 4.03. The number of rotatable bonds is 4. The monoisotopic (exact) mass is 320 g/mol. The number of nitrogens with one attached hydrogen (secondary N) is 1. The summed E-state index contributed by atoms with van der Waals surface area (Å²) in [5, 5.41) is 1.37. The van der Waals surface area contributed by atoms with E-state index in [2.05, 4.69) is 59.3 Å². The van der Waals surface area contributed by atoms with Gasteiger partial charge in [0.05, 0.1) is 13.2 Å². The number of benzene rings is 2. The maximum Gasteiger partial charge on any atom is 0.119 e. The van der Waals surface area contributed by atoms with E-state index in [4.69, 9.17) is 4.74 Å². The van der Waals surface area contributed by atoms with E-state index < -0.39 is 0 Å². The van der Waals surface area contributed by atoms with E-state index >= 15 is 0 Å². The van der Waals surface area contributed by atoms with Crippen molar-refractivity contribution in [2.75, 3.05) is 20.2 Å². The van der Waals surface area contributed by atoms with E-state index in [9.17, 15) is 0 Å². The number of para-hydroxylation sites is 1. The fraction of sp³-hybridized carbons (Fsp3) is 0.333. The van der Waals surface area contributed by atoms with Gasteiger partial charge >= 0.3 is 0 Å². The third-order valence-electron chi connectivity index (χ3n) is 5.05. The number of H-pyrrole nitrogens is 1. The second kappa shape index (κ2) is 6.33. The summed E-state index contributed by atoms with van der Waals surface area (Å²) in [4.78, 5) is 6.30. The van der Waals surface area contributed by atoms with Crippen molar-refractivity contribution in [3.8, 4) is 5.75 Å². The number of methoxy groups -OCH3 is 1. The minimum Gasteiger partial charge on any atom is -0.497 e. The van der Waals surface area contributed by atoms with Crippen molar-refractivity contribution in [1.82, 2.24) is 9.88 Å². The zero-order chi connectivity index (χ0) is 16.5. The van der Waals surface area contributed by atoms with Crippen LogP contribution in [0.1, 0.15) is 36.2 Å². The van der Waals surface area contributed by atoms with Crippen molar-refractivity contribution in [3.05, 3.63) is 65.4 Å². The van der Waals surface area contributed by atoms with Gasteiger partial charge in [-0.3, -0.25) is 4.90 Å². The minimum absolute atomic E-state index is 0.274. The number of aromatic nitrogens is 1. The molecule has 3 heteroatoms. The lowest BCUT2D eigenvalue weighted by molar-refractivity contribution is 0.211. The molecule has 0 spiro atoms. The summed E-state index contributed by atoms with van der Waals surface area (Å²) in [5.74, 6) is 0.923. The van der Waals surface area contributed by atoms with Crippen LogP contribution in [0.15, 0.2) is 48.5 Å². The van der Waals surface area contributed by atoms with Crippen molar-refractivity contribution in [3.63, 3.8) is 0 Å². The molecule has 1 unspecified atom stereocenters. The fourth-order valence-electron chi connectivity index (χ4n) is 4.01. The lowest BCUT2D eigenvalue weighted by atomic mass is 9.92. The van der Waals surface area contributed by atoms with Crippen LogP contribution in [0.2, 0.25) is 0 Å². The Labute approximate surface area is 143 Å². The largest absolute Gasteiger partial charge is 0.497 e. The summed E-state index contributed by atoms with van der Waals surface area (Å²) in [7, 11) is 1.73. The first-order valence-corrected chi connectivity index (χ1v) is 8.79. The first-order valence-electron chi connectivity index (χ1n) is 8.79. The Morgan fingerprint density at radius 1 is 1.17 bits per heavy atom. The quantitative estimate of drug-likeness (QED) is 0.765. The summed E-state index contributed by atoms with van der Waals surface area (Å²) >= 11 is 0. The summed E-state index contributed by atoms with van der Waals surface area (Å²) in [6.45, 7) is 4.46. The molecule has 4 rings (SSSR count). The van der Waals surface area contributed by atoms with Gasteiger partial charge < -0.3 is 9.72 Å². The van der Waals surface area contributed by atoms with Crippen LogP contribution in [0.4, 0.5) is 0 Å². The summed E-state index contributed by atoms with van der Waals surface area (Å²) in [5.41, 5.74) is 5.37. The van der Waals surface area contributed by atoms with Gasteiger partial charge in [0.15, 0.2) is 0 Å². The van der Waals surface area contributed by atoms with Gasteiger partial charge in [-0.25, -0.2) is 0 Å². The van der Waals surface area contributed by atoms with Gasteiger partial charge in [-0.1, -0.05) is 37.3 Å². The molecule has 0 aliphatic carbocycles. The molecule has 1 aromatic heterocycles. The normalized spacial score (nSPS) is 17.8. The molecule has 1 aliphatic heterocycles. The SMILES string of the molecule is CCCN1CCc2c([nH]c3ccccc23)C1c1cccc(OC)c1. The number of ether oxygens (including phenoxy) is 1. The first kappa shape index (κ1) is 15.3. The molecule has 0 radical (unpaired) electrons. The second-order valence-corrected chi connectivity index (χ2v) is 6.53. The zero-order valence-corrected chi connectivity index (χ0v) is 14.4. The molecular formula is C21H24N2O. The molecule has 2 heterocycles. The molecule has 0 fully saturated rings. The zero-order valence-electron chi connectivity index (χ0n) is 14.4. The highest BCUT2D eigenvalue weighted by molar-refractivity contribution is 5.85. The Morgan fingerprint density at radius 3 is 2.88 bits per heavy atom. The van der Waals surface area contributed by atoms with E-state index in [0.29, 0.717) is 0 Å². The summed E-state index contributed by atoms with van der Waals surface area (Å²) in [6.07, 6.45) is 2.27. The maximum absolute atomic E-state index is 5.46. The van der Waals surface area contributed by atoms with E-state index in [1.54, 1.807) is 7.11 Å². The van der Waals surface area contributed by atoms with Crippen LogP contribution in [0.25, 0.3) is 10.9 Å². The molecule has 124 valence electrons. The Hall–Kier alpha value is -2.26. The van der Waals surface area contributed by atoms with Crippen LogP contribution in [0.3, 0.4) is 0 Å². The lowest BCUT2D eigenvalue weighted by Gasteiger charge is -2.36. The summed E-state index contributed by atoms with van der Waals surface area (Å²) < 4.78 is 5.46. The Bertz CT molecular complexity index is 852. The van der Waals surface area contributed by atoms with Gasteiger partial charge in [-0.15, -0.1) is 0 Å². The van der Waals surface area contributed by atoms with Crippen LogP contribution >= 0.6 is 0 Å². The molecule has 1 N–H and O–H groups in total. The van der Waals surface area contributed by atoms with Crippen molar-refractivity contribution >= 4 is 10.9 Å². The Balaban J connectivity index is 1.87. The highest BCUT2D eigenvalue weighted by Crippen LogP contribution is 2.39. The topological polar surface area (TPSA) is 28.3 Å².